The highest BCUT2D eigenvalue weighted by Gasteiger charge is 2.10. The van der Waals surface area contributed by atoms with Gasteiger partial charge in [-0.2, -0.15) is 5.48 Å². The summed E-state index contributed by atoms with van der Waals surface area (Å²) >= 11 is 0. The zero-order valence-corrected chi connectivity index (χ0v) is 9.83. The first-order valence-electron chi connectivity index (χ1n) is 5.12. The third-order valence-electron chi connectivity index (χ3n) is 2.36. The topological polar surface area (TPSA) is 30.5 Å². The SMILES string of the molecule is CONCc1cccc(C(C)C)c1OC. The van der Waals surface area contributed by atoms with Crippen molar-refractivity contribution in [1.82, 2.24) is 5.48 Å². The van der Waals surface area contributed by atoms with Crippen LogP contribution >= 0.6 is 0 Å². The maximum absolute atomic E-state index is 5.44. The van der Waals surface area contributed by atoms with Gasteiger partial charge in [0.25, 0.3) is 0 Å². The highest BCUT2D eigenvalue weighted by atomic mass is 16.6. The Kier molecular flexibility index (Phi) is 4.59. The van der Waals surface area contributed by atoms with Gasteiger partial charge in [-0.3, -0.25) is 0 Å². The van der Waals surface area contributed by atoms with E-state index in [0.29, 0.717) is 12.5 Å². The second-order valence-corrected chi connectivity index (χ2v) is 3.72. The molecular weight excluding hydrogens is 190 g/mol. The molecule has 0 saturated heterocycles. The van der Waals surface area contributed by atoms with E-state index in [4.69, 9.17) is 9.57 Å². The van der Waals surface area contributed by atoms with Crippen molar-refractivity contribution in [1.29, 1.82) is 0 Å². The number of ether oxygens (including phenoxy) is 1. The van der Waals surface area contributed by atoms with Crippen molar-refractivity contribution in [2.45, 2.75) is 26.3 Å². The van der Waals surface area contributed by atoms with Gasteiger partial charge < -0.3 is 9.57 Å². The molecule has 0 heterocycles. The summed E-state index contributed by atoms with van der Waals surface area (Å²) in [5.74, 6) is 1.42. The first kappa shape index (κ1) is 12.0. The number of methoxy groups -OCH3 is 1. The van der Waals surface area contributed by atoms with Crippen LogP contribution in [0.15, 0.2) is 18.2 Å². The number of rotatable bonds is 5. The van der Waals surface area contributed by atoms with Gasteiger partial charge in [0.15, 0.2) is 0 Å². The molecule has 0 aromatic heterocycles. The van der Waals surface area contributed by atoms with Crippen LogP contribution in [0.3, 0.4) is 0 Å². The molecule has 0 aliphatic heterocycles. The van der Waals surface area contributed by atoms with Crippen molar-refractivity contribution < 1.29 is 9.57 Å². The number of hydrogen-bond acceptors (Lipinski definition) is 3. The molecule has 0 aliphatic rings. The number of hydroxylamine groups is 1. The van der Waals surface area contributed by atoms with Crippen LogP contribution in [0.1, 0.15) is 30.9 Å². The van der Waals surface area contributed by atoms with Crippen molar-refractivity contribution in [2.75, 3.05) is 14.2 Å². The standard InChI is InChI=1S/C12H19NO2/c1-9(2)11-7-5-6-10(8-13-15-4)12(11)14-3/h5-7,9,13H,8H2,1-4H3. The van der Waals surface area contributed by atoms with E-state index in [-0.39, 0.29) is 0 Å². The largest absolute Gasteiger partial charge is 0.496 e. The molecule has 1 N–H and O–H groups in total. The second-order valence-electron chi connectivity index (χ2n) is 3.72. The molecule has 15 heavy (non-hydrogen) atoms. The molecule has 1 aromatic carbocycles. The van der Waals surface area contributed by atoms with E-state index < -0.39 is 0 Å². The summed E-state index contributed by atoms with van der Waals surface area (Å²) in [5, 5.41) is 0. The second kappa shape index (κ2) is 5.73. The van der Waals surface area contributed by atoms with Gasteiger partial charge in [0.05, 0.1) is 14.2 Å². The fraction of sp³-hybridized carbons (Fsp3) is 0.500. The summed E-state index contributed by atoms with van der Waals surface area (Å²) in [6.45, 7) is 4.97. The Morgan fingerprint density at radius 3 is 2.53 bits per heavy atom. The average Bonchev–Trinajstić information content (AvgIpc) is 2.25. The molecule has 0 amide bonds. The molecule has 0 radical (unpaired) electrons. The molecule has 84 valence electrons. The smallest absolute Gasteiger partial charge is 0.126 e. The van der Waals surface area contributed by atoms with Crippen molar-refractivity contribution in [3.63, 3.8) is 0 Å². The van der Waals surface area contributed by atoms with Gasteiger partial charge in [0.2, 0.25) is 0 Å². The van der Waals surface area contributed by atoms with Crippen LogP contribution in [-0.4, -0.2) is 14.2 Å². The highest BCUT2D eigenvalue weighted by Crippen LogP contribution is 2.29. The lowest BCUT2D eigenvalue weighted by molar-refractivity contribution is 0.0861. The Morgan fingerprint density at radius 2 is 2.00 bits per heavy atom. The first-order valence-corrected chi connectivity index (χ1v) is 5.12. The van der Waals surface area contributed by atoms with Crippen LogP contribution in [0.25, 0.3) is 0 Å². The van der Waals surface area contributed by atoms with E-state index in [1.165, 1.54) is 5.56 Å². The minimum atomic E-state index is 0.461. The molecule has 0 fully saturated rings. The number of nitrogens with one attached hydrogen (secondary N) is 1. The Balaban J connectivity index is 2.99. The van der Waals surface area contributed by atoms with Crippen molar-refractivity contribution in [2.24, 2.45) is 0 Å². The summed E-state index contributed by atoms with van der Waals surface area (Å²) < 4.78 is 5.44. The molecule has 0 atom stereocenters. The summed E-state index contributed by atoms with van der Waals surface area (Å²) in [7, 11) is 3.32. The third kappa shape index (κ3) is 2.94. The minimum absolute atomic E-state index is 0.461. The molecule has 0 unspecified atom stereocenters. The molecule has 3 nitrogen and oxygen atoms in total. The molecule has 0 saturated carbocycles. The predicted octanol–water partition coefficient (Wildman–Crippen LogP) is 2.47. The van der Waals surface area contributed by atoms with Gasteiger partial charge in [0.1, 0.15) is 5.75 Å². The van der Waals surface area contributed by atoms with E-state index in [2.05, 4.69) is 25.4 Å². The van der Waals surface area contributed by atoms with Gasteiger partial charge in [-0.25, -0.2) is 0 Å². The maximum Gasteiger partial charge on any atom is 0.126 e. The van der Waals surface area contributed by atoms with E-state index in [1.807, 2.05) is 12.1 Å². The van der Waals surface area contributed by atoms with Crippen LogP contribution in [0, 0.1) is 0 Å². The summed E-state index contributed by atoms with van der Waals surface area (Å²) in [5.41, 5.74) is 5.17. The number of para-hydroxylation sites is 1. The minimum Gasteiger partial charge on any atom is -0.496 e. The Morgan fingerprint density at radius 1 is 1.27 bits per heavy atom. The van der Waals surface area contributed by atoms with E-state index in [1.54, 1.807) is 14.2 Å². The predicted molar refractivity (Wildman–Crippen MR) is 60.9 cm³/mol. The monoisotopic (exact) mass is 209 g/mol. The molecule has 0 bridgehead atoms. The van der Waals surface area contributed by atoms with Crippen LogP contribution in [0.2, 0.25) is 0 Å². The Labute approximate surface area is 91.4 Å². The molecule has 1 rings (SSSR count). The zero-order chi connectivity index (χ0) is 11.3. The average molecular weight is 209 g/mol. The lowest BCUT2D eigenvalue weighted by Crippen LogP contribution is -2.12. The number of hydrogen-bond donors (Lipinski definition) is 1. The van der Waals surface area contributed by atoms with Gasteiger partial charge in [-0.15, -0.1) is 0 Å². The third-order valence-corrected chi connectivity index (χ3v) is 2.36. The Bertz CT molecular complexity index is 310. The van der Waals surface area contributed by atoms with E-state index >= 15 is 0 Å². The molecule has 0 aliphatic carbocycles. The highest BCUT2D eigenvalue weighted by molar-refractivity contribution is 5.43. The van der Waals surface area contributed by atoms with E-state index in [0.717, 1.165) is 11.3 Å². The van der Waals surface area contributed by atoms with Crippen molar-refractivity contribution in [3.05, 3.63) is 29.3 Å². The molecular formula is C12H19NO2. The van der Waals surface area contributed by atoms with Crippen LogP contribution in [0.4, 0.5) is 0 Å². The van der Waals surface area contributed by atoms with E-state index in [9.17, 15) is 0 Å². The summed E-state index contributed by atoms with van der Waals surface area (Å²) in [4.78, 5) is 4.84. The summed E-state index contributed by atoms with van der Waals surface area (Å²) in [6, 6.07) is 6.18. The summed E-state index contributed by atoms with van der Waals surface area (Å²) in [6.07, 6.45) is 0. The van der Waals surface area contributed by atoms with Crippen LogP contribution < -0.4 is 10.2 Å². The fourth-order valence-corrected chi connectivity index (χ4v) is 1.60. The first-order chi connectivity index (χ1) is 7.20. The van der Waals surface area contributed by atoms with Gasteiger partial charge in [-0.05, 0) is 11.5 Å². The lowest BCUT2D eigenvalue weighted by atomic mass is 9.99. The van der Waals surface area contributed by atoms with Gasteiger partial charge in [-0.1, -0.05) is 32.0 Å². The van der Waals surface area contributed by atoms with Crippen molar-refractivity contribution >= 4 is 0 Å². The Hall–Kier alpha value is -1.06. The molecule has 1 aromatic rings. The quantitative estimate of drug-likeness (QED) is 0.756. The molecule has 0 spiro atoms. The maximum atomic E-state index is 5.44. The normalized spacial score (nSPS) is 10.7. The van der Waals surface area contributed by atoms with Gasteiger partial charge in [0, 0.05) is 12.1 Å². The van der Waals surface area contributed by atoms with Crippen molar-refractivity contribution in [3.8, 4) is 5.75 Å². The zero-order valence-electron chi connectivity index (χ0n) is 9.83. The lowest BCUT2D eigenvalue weighted by Gasteiger charge is -2.15. The number of benzene rings is 1. The van der Waals surface area contributed by atoms with Crippen LogP contribution in [-0.2, 0) is 11.4 Å². The molecule has 3 heteroatoms. The van der Waals surface area contributed by atoms with Gasteiger partial charge >= 0.3 is 0 Å². The fourth-order valence-electron chi connectivity index (χ4n) is 1.60. The van der Waals surface area contributed by atoms with Crippen LogP contribution in [0.5, 0.6) is 5.75 Å².